The van der Waals surface area contributed by atoms with E-state index in [2.05, 4.69) is 34.3 Å². The Morgan fingerprint density at radius 1 is 1.39 bits per heavy atom. The molecule has 0 bridgehead atoms. The molecular formula is C14H16BrNOS. The van der Waals surface area contributed by atoms with E-state index in [1.807, 2.05) is 24.3 Å². The van der Waals surface area contributed by atoms with Crippen LogP contribution in [0, 0.1) is 0 Å². The standard InChI is InChI=1S/C14H16BrNOS/c1-2-13(16)12-5-3-4-6-14(12)17-8-11-7-10(15)9-18-11/h3-7,9,13H,2,8,16H2,1H3. The van der Waals surface area contributed by atoms with Crippen LogP contribution in [0.15, 0.2) is 40.2 Å². The molecule has 2 aromatic rings. The fourth-order valence-electron chi connectivity index (χ4n) is 1.72. The van der Waals surface area contributed by atoms with Crippen LogP contribution >= 0.6 is 27.3 Å². The van der Waals surface area contributed by atoms with Gasteiger partial charge in [0.2, 0.25) is 0 Å². The van der Waals surface area contributed by atoms with Crippen LogP contribution in [0.5, 0.6) is 5.75 Å². The second kappa shape index (κ2) is 6.36. The van der Waals surface area contributed by atoms with Gasteiger partial charge >= 0.3 is 0 Å². The van der Waals surface area contributed by atoms with E-state index in [9.17, 15) is 0 Å². The Kier molecular flexibility index (Phi) is 4.80. The molecule has 0 aliphatic carbocycles. The van der Waals surface area contributed by atoms with Crippen molar-refractivity contribution < 1.29 is 4.74 Å². The molecule has 1 atom stereocenters. The molecule has 0 aliphatic rings. The quantitative estimate of drug-likeness (QED) is 0.878. The normalized spacial score (nSPS) is 12.4. The van der Waals surface area contributed by atoms with Gasteiger partial charge in [-0.3, -0.25) is 0 Å². The minimum atomic E-state index is 0.0382. The van der Waals surface area contributed by atoms with Crippen molar-refractivity contribution in [1.82, 2.24) is 0 Å². The number of nitrogens with two attached hydrogens (primary N) is 1. The molecule has 1 unspecified atom stereocenters. The topological polar surface area (TPSA) is 35.2 Å². The first-order valence-electron chi connectivity index (χ1n) is 5.91. The first kappa shape index (κ1) is 13.6. The van der Waals surface area contributed by atoms with Crippen molar-refractivity contribution in [3.05, 3.63) is 50.6 Å². The lowest BCUT2D eigenvalue weighted by atomic mass is 10.0. The summed E-state index contributed by atoms with van der Waals surface area (Å²) in [6.07, 6.45) is 0.908. The van der Waals surface area contributed by atoms with Crippen molar-refractivity contribution in [3.63, 3.8) is 0 Å². The molecule has 0 spiro atoms. The number of rotatable bonds is 5. The van der Waals surface area contributed by atoms with Gasteiger partial charge in [-0.05, 0) is 34.5 Å². The summed E-state index contributed by atoms with van der Waals surface area (Å²) in [5.74, 6) is 0.886. The molecule has 2 N–H and O–H groups in total. The predicted molar refractivity (Wildman–Crippen MR) is 80.0 cm³/mol. The first-order chi connectivity index (χ1) is 8.70. The van der Waals surface area contributed by atoms with E-state index in [4.69, 9.17) is 10.5 Å². The van der Waals surface area contributed by atoms with Crippen molar-refractivity contribution in [2.45, 2.75) is 26.0 Å². The molecule has 0 saturated heterocycles. The van der Waals surface area contributed by atoms with Crippen LogP contribution in [0.1, 0.15) is 29.8 Å². The Hall–Kier alpha value is -0.840. The molecule has 1 heterocycles. The molecule has 1 aromatic heterocycles. The highest BCUT2D eigenvalue weighted by Crippen LogP contribution is 2.27. The Morgan fingerprint density at radius 2 is 2.17 bits per heavy atom. The number of hydrogen-bond acceptors (Lipinski definition) is 3. The molecule has 0 aliphatic heterocycles. The van der Waals surface area contributed by atoms with E-state index in [0.717, 1.165) is 22.2 Å². The maximum atomic E-state index is 6.08. The first-order valence-corrected chi connectivity index (χ1v) is 7.58. The van der Waals surface area contributed by atoms with Gasteiger partial charge in [0, 0.05) is 26.3 Å². The summed E-state index contributed by atoms with van der Waals surface area (Å²) >= 11 is 5.13. The van der Waals surface area contributed by atoms with Gasteiger partial charge in [0.15, 0.2) is 0 Å². The Bertz CT molecular complexity index is 512. The van der Waals surface area contributed by atoms with E-state index in [-0.39, 0.29) is 6.04 Å². The molecule has 1 aromatic carbocycles. The number of thiophene rings is 1. The zero-order valence-electron chi connectivity index (χ0n) is 10.2. The Labute approximate surface area is 120 Å². The van der Waals surface area contributed by atoms with Gasteiger partial charge < -0.3 is 10.5 Å². The zero-order valence-corrected chi connectivity index (χ0v) is 12.6. The fraction of sp³-hybridized carbons (Fsp3) is 0.286. The lowest BCUT2D eigenvalue weighted by Gasteiger charge is -2.15. The number of benzene rings is 1. The minimum absolute atomic E-state index is 0.0382. The van der Waals surface area contributed by atoms with E-state index in [0.29, 0.717) is 6.61 Å². The Morgan fingerprint density at radius 3 is 2.83 bits per heavy atom. The maximum Gasteiger partial charge on any atom is 0.124 e. The average Bonchev–Trinajstić information content (AvgIpc) is 2.81. The van der Waals surface area contributed by atoms with E-state index in [1.165, 1.54) is 4.88 Å². The van der Waals surface area contributed by atoms with Crippen molar-refractivity contribution in [1.29, 1.82) is 0 Å². The highest BCUT2D eigenvalue weighted by atomic mass is 79.9. The summed E-state index contributed by atoms with van der Waals surface area (Å²) in [6, 6.07) is 10.1. The summed E-state index contributed by atoms with van der Waals surface area (Å²) in [5, 5.41) is 2.06. The minimum Gasteiger partial charge on any atom is -0.488 e. The summed E-state index contributed by atoms with van der Waals surface area (Å²) in [6.45, 7) is 2.67. The van der Waals surface area contributed by atoms with Crippen molar-refractivity contribution in [2.24, 2.45) is 5.73 Å². The largest absolute Gasteiger partial charge is 0.488 e. The molecule has 18 heavy (non-hydrogen) atoms. The zero-order chi connectivity index (χ0) is 13.0. The van der Waals surface area contributed by atoms with E-state index in [1.54, 1.807) is 11.3 Å². The van der Waals surface area contributed by atoms with Gasteiger partial charge in [0.1, 0.15) is 12.4 Å². The lowest BCUT2D eigenvalue weighted by molar-refractivity contribution is 0.304. The molecule has 0 radical (unpaired) electrons. The van der Waals surface area contributed by atoms with Crippen LogP contribution in [0.3, 0.4) is 0 Å². The lowest BCUT2D eigenvalue weighted by Crippen LogP contribution is -2.10. The molecule has 0 saturated carbocycles. The molecule has 2 nitrogen and oxygen atoms in total. The van der Waals surface area contributed by atoms with Gasteiger partial charge in [0.05, 0.1) is 0 Å². The third-order valence-electron chi connectivity index (χ3n) is 2.75. The van der Waals surface area contributed by atoms with Gasteiger partial charge in [0.25, 0.3) is 0 Å². The fourth-order valence-corrected chi connectivity index (χ4v) is 3.08. The van der Waals surface area contributed by atoms with Gasteiger partial charge in [-0.1, -0.05) is 25.1 Å². The maximum absolute atomic E-state index is 6.08. The number of halogens is 1. The molecular weight excluding hydrogens is 310 g/mol. The second-order valence-electron chi connectivity index (χ2n) is 4.07. The third kappa shape index (κ3) is 3.34. The van der Waals surface area contributed by atoms with Crippen LogP contribution in [-0.4, -0.2) is 0 Å². The smallest absolute Gasteiger partial charge is 0.124 e. The van der Waals surface area contributed by atoms with Gasteiger partial charge in [-0.25, -0.2) is 0 Å². The van der Waals surface area contributed by atoms with Gasteiger partial charge in [-0.2, -0.15) is 0 Å². The third-order valence-corrected chi connectivity index (χ3v) is 4.42. The van der Waals surface area contributed by atoms with Crippen molar-refractivity contribution >= 4 is 27.3 Å². The average molecular weight is 326 g/mol. The molecule has 96 valence electrons. The van der Waals surface area contributed by atoms with Crippen LogP contribution in [0.25, 0.3) is 0 Å². The molecule has 0 fully saturated rings. The van der Waals surface area contributed by atoms with Crippen LogP contribution in [-0.2, 0) is 6.61 Å². The highest BCUT2D eigenvalue weighted by molar-refractivity contribution is 9.10. The van der Waals surface area contributed by atoms with E-state index >= 15 is 0 Å². The van der Waals surface area contributed by atoms with Crippen LogP contribution in [0.2, 0.25) is 0 Å². The summed E-state index contributed by atoms with van der Waals surface area (Å²) in [4.78, 5) is 1.20. The van der Waals surface area contributed by atoms with Crippen LogP contribution < -0.4 is 10.5 Å². The predicted octanol–water partition coefficient (Wildman–Crippen LogP) is 4.50. The number of hydrogen-bond donors (Lipinski definition) is 1. The highest BCUT2D eigenvalue weighted by Gasteiger charge is 2.10. The summed E-state index contributed by atoms with van der Waals surface area (Å²) < 4.78 is 6.97. The van der Waals surface area contributed by atoms with Gasteiger partial charge in [-0.15, -0.1) is 11.3 Å². The second-order valence-corrected chi connectivity index (χ2v) is 5.98. The summed E-state index contributed by atoms with van der Waals surface area (Å²) in [7, 11) is 0. The SMILES string of the molecule is CCC(N)c1ccccc1OCc1cc(Br)cs1. The summed E-state index contributed by atoms with van der Waals surface area (Å²) in [5.41, 5.74) is 7.16. The van der Waals surface area contributed by atoms with Crippen molar-refractivity contribution in [2.75, 3.05) is 0 Å². The van der Waals surface area contributed by atoms with Crippen molar-refractivity contribution in [3.8, 4) is 5.75 Å². The van der Waals surface area contributed by atoms with Crippen LogP contribution in [0.4, 0.5) is 0 Å². The molecule has 2 rings (SSSR count). The number of ether oxygens (including phenoxy) is 1. The monoisotopic (exact) mass is 325 g/mol. The number of para-hydroxylation sites is 1. The Balaban J connectivity index is 2.09. The van der Waals surface area contributed by atoms with E-state index < -0.39 is 0 Å². The molecule has 0 amide bonds. The molecule has 4 heteroatoms.